The van der Waals surface area contributed by atoms with E-state index in [1.54, 1.807) is 28.9 Å². The molecule has 0 spiro atoms. The Morgan fingerprint density at radius 3 is 2.95 bits per heavy atom. The number of amides is 1. The second-order valence-electron chi connectivity index (χ2n) is 4.61. The van der Waals surface area contributed by atoms with E-state index in [9.17, 15) is 4.79 Å². The normalized spacial score (nSPS) is 10.8. The van der Waals surface area contributed by atoms with Gasteiger partial charge < -0.3 is 5.32 Å². The summed E-state index contributed by atoms with van der Waals surface area (Å²) in [7, 11) is 3.66. The Hall–Kier alpha value is -1.92. The van der Waals surface area contributed by atoms with Crippen LogP contribution in [0.2, 0.25) is 5.02 Å². The third kappa shape index (κ3) is 4.32. The van der Waals surface area contributed by atoms with E-state index in [0.717, 1.165) is 5.69 Å². The maximum atomic E-state index is 11.9. The minimum Gasteiger partial charge on any atom is -0.325 e. The summed E-state index contributed by atoms with van der Waals surface area (Å²) < 4.78 is 1.63. The van der Waals surface area contributed by atoms with Gasteiger partial charge in [0.15, 0.2) is 0 Å². The van der Waals surface area contributed by atoms with Crippen LogP contribution < -0.4 is 5.32 Å². The highest BCUT2D eigenvalue weighted by atomic mass is 35.5. The third-order valence-corrected chi connectivity index (χ3v) is 2.84. The van der Waals surface area contributed by atoms with Crippen molar-refractivity contribution in [3.8, 4) is 0 Å². The van der Waals surface area contributed by atoms with Crippen molar-refractivity contribution >= 4 is 23.2 Å². The van der Waals surface area contributed by atoms with Crippen LogP contribution in [-0.2, 0) is 18.4 Å². The van der Waals surface area contributed by atoms with Crippen molar-refractivity contribution in [2.24, 2.45) is 7.05 Å². The summed E-state index contributed by atoms with van der Waals surface area (Å²) in [4.78, 5) is 13.8. The molecule has 0 saturated carbocycles. The zero-order valence-corrected chi connectivity index (χ0v) is 12.1. The van der Waals surface area contributed by atoms with Crippen LogP contribution in [0.4, 0.5) is 5.69 Å². The van der Waals surface area contributed by atoms with Crippen molar-refractivity contribution in [3.63, 3.8) is 0 Å². The van der Waals surface area contributed by atoms with Gasteiger partial charge in [0.1, 0.15) is 0 Å². The van der Waals surface area contributed by atoms with Crippen LogP contribution in [0.15, 0.2) is 30.5 Å². The molecule has 7 heteroatoms. The molecule has 0 atom stereocenters. The molecule has 1 aromatic carbocycles. The smallest absolute Gasteiger partial charge is 0.238 e. The molecule has 0 saturated heterocycles. The Labute approximate surface area is 122 Å². The monoisotopic (exact) mass is 293 g/mol. The SMILES string of the molecule is CN(CC(=O)Nc1cccc(Cl)c1)Cc1cn(C)nn1. The third-order valence-electron chi connectivity index (χ3n) is 2.60. The lowest BCUT2D eigenvalue weighted by Gasteiger charge is -2.14. The van der Waals surface area contributed by atoms with E-state index in [1.165, 1.54) is 0 Å². The van der Waals surface area contributed by atoms with Crippen molar-refractivity contribution in [3.05, 3.63) is 41.2 Å². The first kappa shape index (κ1) is 14.5. The number of halogens is 1. The van der Waals surface area contributed by atoms with Crippen LogP contribution in [0.1, 0.15) is 5.69 Å². The minimum absolute atomic E-state index is 0.0985. The molecule has 0 unspecified atom stereocenters. The van der Waals surface area contributed by atoms with Gasteiger partial charge in [-0.2, -0.15) is 0 Å². The van der Waals surface area contributed by atoms with E-state index in [2.05, 4.69) is 15.6 Å². The first-order valence-electron chi connectivity index (χ1n) is 6.12. The van der Waals surface area contributed by atoms with Gasteiger partial charge in [0.05, 0.1) is 12.2 Å². The number of likely N-dealkylation sites (N-methyl/N-ethyl adjacent to an activating group) is 1. The van der Waals surface area contributed by atoms with Crippen molar-refractivity contribution in [2.45, 2.75) is 6.54 Å². The van der Waals surface area contributed by atoms with Crippen LogP contribution >= 0.6 is 11.6 Å². The van der Waals surface area contributed by atoms with E-state index in [1.807, 2.05) is 25.2 Å². The molecule has 6 nitrogen and oxygen atoms in total. The number of nitrogens with one attached hydrogen (secondary N) is 1. The number of nitrogens with zero attached hydrogens (tertiary/aromatic N) is 4. The van der Waals surface area contributed by atoms with Gasteiger partial charge in [0.25, 0.3) is 0 Å². The summed E-state index contributed by atoms with van der Waals surface area (Å²) in [6.07, 6.45) is 1.82. The van der Waals surface area contributed by atoms with Gasteiger partial charge in [-0.25, -0.2) is 0 Å². The number of aromatic nitrogens is 3. The minimum atomic E-state index is -0.0985. The number of hydrogen-bond acceptors (Lipinski definition) is 4. The summed E-state index contributed by atoms with van der Waals surface area (Å²) in [6, 6.07) is 7.06. The Balaban J connectivity index is 1.84. The maximum absolute atomic E-state index is 11.9. The van der Waals surface area contributed by atoms with Gasteiger partial charge in [0, 0.05) is 30.5 Å². The van der Waals surface area contributed by atoms with E-state index in [0.29, 0.717) is 17.3 Å². The van der Waals surface area contributed by atoms with E-state index < -0.39 is 0 Å². The molecule has 0 aliphatic heterocycles. The van der Waals surface area contributed by atoms with Crippen molar-refractivity contribution in [2.75, 3.05) is 18.9 Å². The molecule has 2 rings (SSSR count). The fourth-order valence-electron chi connectivity index (χ4n) is 1.81. The molecule has 0 bridgehead atoms. The molecule has 1 aromatic heterocycles. The van der Waals surface area contributed by atoms with E-state index >= 15 is 0 Å². The lowest BCUT2D eigenvalue weighted by Crippen LogP contribution is -2.29. The average Bonchev–Trinajstić information content (AvgIpc) is 2.74. The highest BCUT2D eigenvalue weighted by molar-refractivity contribution is 6.30. The van der Waals surface area contributed by atoms with Gasteiger partial charge in [-0.15, -0.1) is 5.10 Å². The van der Waals surface area contributed by atoms with Gasteiger partial charge in [-0.3, -0.25) is 14.4 Å². The highest BCUT2D eigenvalue weighted by Gasteiger charge is 2.09. The number of carbonyl (C=O) groups excluding carboxylic acids is 1. The molecule has 106 valence electrons. The molecule has 2 aromatic rings. The van der Waals surface area contributed by atoms with Crippen molar-refractivity contribution < 1.29 is 4.79 Å². The van der Waals surface area contributed by atoms with Crippen molar-refractivity contribution in [1.29, 1.82) is 0 Å². The second-order valence-corrected chi connectivity index (χ2v) is 5.05. The van der Waals surface area contributed by atoms with Crippen LogP contribution in [0.25, 0.3) is 0 Å². The fourth-order valence-corrected chi connectivity index (χ4v) is 2.00. The first-order chi connectivity index (χ1) is 9.52. The molecule has 0 aliphatic carbocycles. The molecule has 1 amide bonds. The number of hydrogen-bond donors (Lipinski definition) is 1. The Morgan fingerprint density at radius 2 is 2.30 bits per heavy atom. The van der Waals surface area contributed by atoms with Gasteiger partial charge in [0.2, 0.25) is 5.91 Å². The molecule has 1 N–H and O–H groups in total. The highest BCUT2D eigenvalue weighted by Crippen LogP contribution is 2.14. The van der Waals surface area contributed by atoms with Crippen LogP contribution in [0.3, 0.4) is 0 Å². The Morgan fingerprint density at radius 1 is 1.50 bits per heavy atom. The molecular weight excluding hydrogens is 278 g/mol. The fraction of sp³-hybridized carbons (Fsp3) is 0.308. The van der Waals surface area contributed by atoms with Crippen LogP contribution in [0.5, 0.6) is 0 Å². The first-order valence-corrected chi connectivity index (χ1v) is 6.50. The molecular formula is C13H16ClN5O. The lowest BCUT2D eigenvalue weighted by atomic mass is 10.3. The van der Waals surface area contributed by atoms with Crippen LogP contribution in [0, 0.1) is 0 Å². The average molecular weight is 294 g/mol. The summed E-state index contributed by atoms with van der Waals surface area (Å²) >= 11 is 5.86. The van der Waals surface area contributed by atoms with Gasteiger partial charge >= 0.3 is 0 Å². The van der Waals surface area contributed by atoms with Gasteiger partial charge in [-0.05, 0) is 25.2 Å². The van der Waals surface area contributed by atoms with Crippen molar-refractivity contribution in [1.82, 2.24) is 19.9 Å². The summed E-state index contributed by atoms with van der Waals surface area (Å²) in [5, 5.41) is 11.2. The largest absolute Gasteiger partial charge is 0.325 e. The number of carbonyl (C=O) groups is 1. The molecule has 0 radical (unpaired) electrons. The Kier molecular flexibility index (Phi) is 4.70. The molecule has 1 heterocycles. The number of aryl methyl sites for hydroxylation is 1. The predicted molar refractivity (Wildman–Crippen MR) is 77.4 cm³/mol. The van der Waals surface area contributed by atoms with E-state index in [4.69, 9.17) is 11.6 Å². The second kappa shape index (κ2) is 6.49. The molecule has 0 fully saturated rings. The standard InChI is InChI=1S/C13H16ClN5O/c1-18(7-12-8-19(2)17-16-12)9-13(20)15-11-5-3-4-10(14)6-11/h3-6,8H,7,9H2,1-2H3,(H,15,20). The molecule has 0 aliphatic rings. The zero-order chi connectivity index (χ0) is 14.5. The topological polar surface area (TPSA) is 63.1 Å². The predicted octanol–water partition coefficient (Wildman–Crippen LogP) is 1.54. The van der Waals surface area contributed by atoms with E-state index in [-0.39, 0.29) is 12.5 Å². The summed E-state index contributed by atoms with van der Waals surface area (Å²) in [5.41, 5.74) is 1.51. The number of anilines is 1. The lowest BCUT2D eigenvalue weighted by molar-refractivity contribution is -0.117. The number of rotatable bonds is 5. The number of benzene rings is 1. The molecule has 20 heavy (non-hydrogen) atoms. The summed E-state index contributed by atoms with van der Waals surface area (Å²) in [6.45, 7) is 0.833. The van der Waals surface area contributed by atoms with Gasteiger partial charge in [-0.1, -0.05) is 22.9 Å². The van der Waals surface area contributed by atoms with Crippen LogP contribution in [-0.4, -0.2) is 39.4 Å². The Bertz CT molecular complexity index is 598. The quantitative estimate of drug-likeness (QED) is 0.908. The zero-order valence-electron chi connectivity index (χ0n) is 11.4. The maximum Gasteiger partial charge on any atom is 0.238 e. The summed E-state index contributed by atoms with van der Waals surface area (Å²) in [5.74, 6) is -0.0985.